The highest BCUT2D eigenvalue weighted by atomic mass is 15.0. The summed E-state index contributed by atoms with van der Waals surface area (Å²) in [5, 5.41) is 3.45. The molecule has 4 heteroatoms. The molecular formula is C52H34N4. The van der Waals surface area contributed by atoms with Crippen LogP contribution >= 0.6 is 0 Å². The fourth-order valence-electron chi connectivity index (χ4n) is 7.58. The second kappa shape index (κ2) is 14.3. The van der Waals surface area contributed by atoms with Gasteiger partial charge in [0.1, 0.15) is 0 Å². The summed E-state index contributed by atoms with van der Waals surface area (Å²) in [4.78, 5) is 20.4. The summed E-state index contributed by atoms with van der Waals surface area (Å²) in [5.41, 5.74) is 12.6. The number of benzene rings is 8. The Labute approximate surface area is 325 Å². The van der Waals surface area contributed by atoms with Gasteiger partial charge in [-0.3, -0.25) is 0 Å². The minimum absolute atomic E-state index is 0.619. The van der Waals surface area contributed by atoms with Crippen molar-refractivity contribution in [3.63, 3.8) is 0 Å². The quantitative estimate of drug-likeness (QED) is 0.154. The first kappa shape index (κ1) is 33.0. The molecule has 2 aromatic heterocycles. The maximum Gasteiger partial charge on any atom is 0.164 e. The van der Waals surface area contributed by atoms with Crippen LogP contribution in [0.2, 0.25) is 0 Å². The van der Waals surface area contributed by atoms with Crippen LogP contribution in [-0.2, 0) is 0 Å². The lowest BCUT2D eigenvalue weighted by Gasteiger charge is -2.16. The summed E-state index contributed by atoms with van der Waals surface area (Å²) in [5.74, 6) is 1.88. The van der Waals surface area contributed by atoms with Crippen LogP contribution in [0.1, 0.15) is 0 Å². The molecule has 0 atom stereocenters. The Morgan fingerprint density at radius 3 is 1.16 bits per heavy atom. The van der Waals surface area contributed by atoms with E-state index in [-0.39, 0.29) is 0 Å². The highest BCUT2D eigenvalue weighted by Gasteiger charge is 2.18. The van der Waals surface area contributed by atoms with E-state index >= 15 is 0 Å². The molecule has 2 heterocycles. The van der Waals surface area contributed by atoms with Crippen LogP contribution in [0.4, 0.5) is 0 Å². The summed E-state index contributed by atoms with van der Waals surface area (Å²) < 4.78 is 0. The number of pyridine rings is 1. The molecule has 4 nitrogen and oxygen atoms in total. The third-order valence-corrected chi connectivity index (χ3v) is 10.4. The van der Waals surface area contributed by atoms with Gasteiger partial charge in [-0.2, -0.15) is 0 Å². The molecule has 0 saturated heterocycles. The highest BCUT2D eigenvalue weighted by Crippen LogP contribution is 2.41. The van der Waals surface area contributed by atoms with Crippen molar-refractivity contribution in [2.24, 2.45) is 0 Å². The normalized spacial score (nSPS) is 11.2. The highest BCUT2D eigenvalue weighted by molar-refractivity contribution is 6.19. The molecule has 0 aliphatic rings. The summed E-state index contributed by atoms with van der Waals surface area (Å²) in [6, 6.07) is 71.6. The number of hydrogen-bond donors (Lipinski definition) is 0. The average Bonchev–Trinajstić information content (AvgIpc) is 3.29. The number of hydrogen-bond acceptors (Lipinski definition) is 4. The zero-order chi connectivity index (χ0) is 37.3. The molecule has 0 bridgehead atoms. The van der Waals surface area contributed by atoms with E-state index in [9.17, 15) is 0 Å². The van der Waals surface area contributed by atoms with Crippen molar-refractivity contribution in [1.82, 2.24) is 19.9 Å². The second-order valence-electron chi connectivity index (χ2n) is 13.8. The first-order valence-electron chi connectivity index (χ1n) is 18.8. The molecular weight excluding hydrogens is 681 g/mol. The predicted octanol–water partition coefficient (Wildman–Crippen LogP) is 13.2. The maximum absolute atomic E-state index is 5.45. The Morgan fingerprint density at radius 1 is 0.232 bits per heavy atom. The average molecular weight is 715 g/mol. The Balaban J connectivity index is 1.10. The van der Waals surface area contributed by atoms with Crippen molar-refractivity contribution in [2.75, 3.05) is 0 Å². The van der Waals surface area contributed by atoms with E-state index in [0.717, 1.165) is 60.9 Å². The van der Waals surface area contributed by atoms with Crippen molar-refractivity contribution < 1.29 is 0 Å². The smallest absolute Gasteiger partial charge is 0.164 e. The molecule has 56 heavy (non-hydrogen) atoms. The third kappa shape index (κ3) is 6.19. The van der Waals surface area contributed by atoms with Gasteiger partial charge in [-0.15, -0.1) is 0 Å². The van der Waals surface area contributed by atoms with E-state index in [1.807, 2.05) is 36.4 Å². The van der Waals surface area contributed by atoms with Crippen LogP contribution in [0.3, 0.4) is 0 Å². The number of aromatic nitrogens is 4. The van der Waals surface area contributed by atoms with Crippen LogP contribution in [0.5, 0.6) is 0 Å². The van der Waals surface area contributed by atoms with Crippen molar-refractivity contribution in [1.29, 1.82) is 0 Å². The van der Waals surface area contributed by atoms with E-state index < -0.39 is 0 Å². The Morgan fingerprint density at radius 2 is 0.607 bits per heavy atom. The van der Waals surface area contributed by atoms with Gasteiger partial charge in [0.2, 0.25) is 0 Å². The SMILES string of the molecule is c1ccc(-c2ccc(-c3nc(-c4ccccc4)nc(-c4ccc(-c5cccc6c5nc(-c5ccccc5)c5cccc(-c7ccccc7)c56)cc4)n3)cc2)cc1. The van der Waals surface area contributed by atoms with Gasteiger partial charge in [0.05, 0.1) is 11.2 Å². The molecule has 0 radical (unpaired) electrons. The van der Waals surface area contributed by atoms with E-state index in [4.69, 9.17) is 19.9 Å². The van der Waals surface area contributed by atoms with Gasteiger partial charge in [-0.05, 0) is 27.8 Å². The Hall–Kier alpha value is -7.56. The molecule has 0 unspecified atom stereocenters. The van der Waals surface area contributed by atoms with Crippen molar-refractivity contribution in [3.8, 4) is 78.8 Å². The number of nitrogens with zero attached hydrogens (tertiary/aromatic N) is 4. The summed E-state index contributed by atoms with van der Waals surface area (Å²) >= 11 is 0. The first-order chi connectivity index (χ1) is 27.8. The largest absolute Gasteiger partial charge is 0.246 e. The van der Waals surface area contributed by atoms with E-state index in [1.165, 1.54) is 22.1 Å². The molecule has 8 aromatic carbocycles. The first-order valence-corrected chi connectivity index (χ1v) is 18.8. The van der Waals surface area contributed by atoms with Crippen molar-refractivity contribution in [3.05, 3.63) is 206 Å². The molecule has 10 rings (SSSR count). The van der Waals surface area contributed by atoms with Crippen LogP contribution in [-0.4, -0.2) is 19.9 Å². The Kier molecular flexibility index (Phi) is 8.47. The third-order valence-electron chi connectivity index (χ3n) is 10.4. The van der Waals surface area contributed by atoms with Gasteiger partial charge in [-0.1, -0.05) is 206 Å². The minimum Gasteiger partial charge on any atom is -0.246 e. The standard InChI is InChI=1S/C52H34N4/c1-5-15-35(16-6-1)36-27-31-41(32-28-36)51-54-50(40-21-11-4-12-22-40)55-52(56-51)42-33-29-38(30-34-42)44-24-14-26-46-47-43(37-17-7-2-8-18-37)23-13-25-45(47)48(53-49(44)46)39-19-9-3-10-20-39/h1-34H. The molecule has 0 fully saturated rings. The molecule has 0 aliphatic heterocycles. The van der Waals surface area contributed by atoms with Crippen LogP contribution in [0.25, 0.3) is 100 Å². The lowest BCUT2D eigenvalue weighted by Crippen LogP contribution is -2.00. The maximum atomic E-state index is 5.45. The molecule has 0 aliphatic carbocycles. The molecule has 262 valence electrons. The lowest BCUT2D eigenvalue weighted by atomic mass is 9.91. The molecule has 0 spiro atoms. The van der Waals surface area contributed by atoms with Gasteiger partial charge < -0.3 is 0 Å². The summed E-state index contributed by atoms with van der Waals surface area (Å²) in [7, 11) is 0. The van der Waals surface area contributed by atoms with E-state index in [0.29, 0.717) is 17.5 Å². The molecule has 0 N–H and O–H groups in total. The number of para-hydroxylation sites is 1. The zero-order valence-electron chi connectivity index (χ0n) is 30.4. The van der Waals surface area contributed by atoms with E-state index in [1.54, 1.807) is 0 Å². The van der Waals surface area contributed by atoms with Crippen LogP contribution in [0, 0.1) is 0 Å². The van der Waals surface area contributed by atoms with Gasteiger partial charge >= 0.3 is 0 Å². The second-order valence-corrected chi connectivity index (χ2v) is 13.8. The fraction of sp³-hybridized carbons (Fsp3) is 0. The summed E-state index contributed by atoms with van der Waals surface area (Å²) in [6.45, 7) is 0. The van der Waals surface area contributed by atoms with Crippen molar-refractivity contribution >= 4 is 21.7 Å². The summed E-state index contributed by atoms with van der Waals surface area (Å²) in [6.07, 6.45) is 0. The van der Waals surface area contributed by atoms with Crippen molar-refractivity contribution in [2.45, 2.75) is 0 Å². The number of rotatable bonds is 7. The molecule has 10 aromatic rings. The monoisotopic (exact) mass is 714 g/mol. The van der Waals surface area contributed by atoms with Gasteiger partial charge in [0.25, 0.3) is 0 Å². The number of fused-ring (bicyclic) bond motifs is 3. The van der Waals surface area contributed by atoms with E-state index in [2.05, 4.69) is 170 Å². The predicted molar refractivity (Wildman–Crippen MR) is 231 cm³/mol. The van der Waals surface area contributed by atoms with Crippen LogP contribution < -0.4 is 0 Å². The van der Waals surface area contributed by atoms with Gasteiger partial charge in [-0.25, -0.2) is 19.9 Å². The van der Waals surface area contributed by atoms with Gasteiger partial charge in [0.15, 0.2) is 17.5 Å². The zero-order valence-corrected chi connectivity index (χ0v) is 30.4. The minimum atomic E-state index is 0.619. The molecule has 0 amide bonds. The topological polar surface area (TPSA) is 51.6 Å². The fourth-order valence-corrected chi connectivity index (χ4v) is 7.58. The Bertz CT molecular complexity index is 2970. The lowest BCUT2D eigenvalue weighted by molar-refractivity contribution is 1.07. The van der Waals surface area contributed by atoms with Gasteiger partial charge in [0, 0.05) is 44.0 Å². The van der Waals surface area contributed by atoms with Crippen LogP contribution in [0.15, 0.2) is 206 Å². The molecule has 0 saturated carbocycles.